The van der Waals surface area contributed by atoms with Crippen LogP contribution in [0.25, 0.3) is 0 Å². The van der Waals surface area contributed by atoms with Crippen molar-refractivity contribution in [3.63, 3.8) is 0 Å². The quantitative estimate of drug-likeness (QED) is 0.705. The molecule has 1 fully saturated rings. The molecule has 82 valence electrons. The topological polar surface area (TPSA) is 32.6 Å². The lowest BCUT2D eigenvalue weighted by Crippen LogP contribution is -2.23. The first-order chi connectivity index (χ1) is 7.11. The average molecular weight is 209 g/mol. The van der Waals surface area contributed by atoms with Gasteiger partial charge in [-0.15, -0.1) is 0 Å². The zero-order valence-corrected chi connectivity index (χ0v) is 9.19. The Morgan fingerprint density at radius 2 is 2.27 bits per heavy atom. The molecule has 2 aliphatic rings. The smallest absolute Gasteiger partial charge is 0.164 e. The maximum atomic E-state index is 5.88. The van der Waals surface area contributed by atoms with Gasteiger partial charge in [-0.1, -0.05) is 0 Å². The average Bonchev–Trinajstić information content (AvgIpc) is 2.73. The summed E-state index contributed by atoms with van der Waals surface area (Å²) >= 11 is 0. The summed E-state index contributed by atoms with van der Waals surface area (Å²) in [5, 5.41) is 0. The molecule has 4 heteroatoms. The lowest BCUT2D eigenvalue weighted by atomic mass is 10.2. The van der Waals surface area contributed by atoms with E-state index in [-0.39, 0.29) is 12.2 Å². The highest BCUT2D eigenvalue weighted by Gasteiger charge is 2.48. The van der Waals surface area contributed by atoms with E-state index in [0.29, 0.717) is 0 Å². The SMILES string of the molecule is COc1ccn2c1[C@H]1OC(C)(C)O[C@H]1C2. The minimum absolute atomic E-state index is 0.0185. The molecule has 1 aromatic heterocycles. The standard InChI is InChI=1S/C11H15NO3/c1-11(2)14-8-6-12-5-4-7(13-3)9(12)10(8)15-11/h4-5,8,10H,6H2,1-3H3/t8-,10-/m0/s1. The van der Waals surface area contributed by atoms with Crippen molar-refractivity contribution in [3.05, 3.63) is 18.0 Å². The van der Waals surface area contributed by atoms with E-state index < -0.39 is 5.79 Å². The van der Waals surface area contributed by atoms with Crippen LogP contribution in [-0.4, -0.2) is 23.6 Å². The minimum Gasteiger partial charge on any atom is -0.495 e. The number of rotatable bonds is 1. The van der Waals surface area contributed by atoms with Gasteiger partial charge in [0.1, 0.15) is 18.0 Å². The zero-order chi connectivity index (χ0) is 10.6. The molecule has 1 aromatic rings. The van der Waals surface area contributed by atoms with Crippen LogP contribution < -0.4 is 4.74 Å². The van der Waals surface area contributed by atoms with Crippen molar-refractivity contribution >= 4 is 0 Å². The van der Waals surface area contributed by atoms with Crippen LogP contribution in [0.15, 0.2) is 12.3 Å². The molecule has 0 spiro atoms. The Labute approximate surface area is 88.7 Å². The van der Waals surface area contributed by atoms with Crippen LogP contribution in [0.5, 0.6) is 5.75 Å². The van der Waals surface area contributed by atoms with Crippen molar-refractivity contribution in [2.75, 3.05) is 7.11 Å². The first-order valence-electron chi connectivity index (χ1n) is 5.19. The zero-order valence-electron chi connectivity index (χ0n) is 9.19. The van der Waals surface area contributed by atoms with Crippen LogP contribution in [0.2, 0.25) is 0 Å². The van der Waals surface area contributed by atoms with Crippen molar-refractivity contribution in [2.45, 2.75) is 38.4 Å². The molecule has 0 bridgehead atoms. The van der Waals surface area contributed by atoms with Gasteiger partial charge in [-0.2, -0.15) is 0 Å². The third-order valence-corrected chi connectivity index (χ3v) is 3.02. The number of aromatic nitrogens is 1. The third kappa shape index (κ3) is 1.21. The summed E-state index contributed by atoms with van der Waals surface area (Å²) in [5.74, 6) is 0.416. The summed E-state index contributed by atoms with van der Waals surface area (Å²) in [4.78, 5) is 0. The fourth-order valence-corrected chi connectivity index (χ4v) is 2.49. The van der Waals surface area contributed by atoms with Gasteiger partial charge in [-0.25, -0.2) is 0 Å². The Balaban J connectivity index is 1.99. The third-order valence-electron chi connectivity index (χ3n) is 3.02. The largest absolute Gasteiger partial charge is 0.495 e. The molecular formula is C11H15NO3. The molecule has 0 radical (unpaired) electrons. The molecule has 0 N–H and O–H groups in total. The Morgan fingerprint density at radius 3 is 3.00 bits per heavy atom. The van der Waals surface area contributed by atoms with Gasteiger partial charge < -0.3 is 18.8 Å². The van der Waals surface area contributed by atoms with Gasteiger partial charge in [-0.05, 0) is 19.9 Å². The lowest BCUT2D eigenvalue weighted by Gasteiger charge is -2.18. The van der Waals surface area contributed by atoms with Crippen LogP contribution in [-0.2, 0) is 16.0 Å². The van der Waals surface area contributed by atoms with E-state index in [4.69, 9.17) is 14.2 Å². The van der Waals surface area contributed by atoms with Gasteiger partial charge >= 0.3 is 0 Å². The highest BCUT2D eigenvalue weighted by molar-refractivity contribution is 5.35. The van der Waals surface area contributed by atoms with Gasteiger partial charge in [0, 0.05) is 6.20 Å². The van der Waals surface area contributed by atoms with E-state index in [1.54, 1.807) is 7.11 Å². The normalized spacial score (nSPS) is 31.4. The van der Waals surface area contributed by atoms with Gasteiger partial charge in [0.2, 0.25) is 0 Å². The predicted octanol–water partition coefficient (Wildman–Crippen LogP) is 1.70. The molecule has 2 atom stereocenters. The number of ether oxygens (including phenoxy) is 3. The molecular weight excluding hydrogens is 194 g/mol. The van der Waals surface area contributed by atoms with E-state index in [9.17, 15) is 0 Å². The van der Waals surface area contributed by atoms with Crippen molar-refractivity contribution in [2.24, 2.45) is 0 Å². The Hall–Kier alpha value is -1.00. The van der Waals surface area contributed by atoms with E-state index in [2.05, 4.69) is 4.57 Å². The van der Waals surface area contributed by atoms with Gasteiger partial charge in [0.25, 0.3) is 0 Å². The second kappa shape index (κ2) is 2.77. The predicted molar refractivity (Wildman–Crippen MR) is 53.8 cm³/mol. The highest BCUT2D eigenvalue weighted by Crippen LogP contribution is 2.46. The molecule has 0 saturated carbocycles. The van der Waals surface area contributed by atoms with E-state index in [0.717, 1.165) is 18.0 Å². The van der Waals surface area contributed by atoms with Crippen LogP contribution in [0.3, 0.4) is 0 Å². The summed E-state index contributed by atoms with van der Waals surface area (Å²) in [6, 6.07) is 1.97. The second-order valence-electron chi connectivity index (χ2n) is 4.52. The van der Waals surface area contributed by atoms with E-state index in [1.807, 2.05) is 26.1 Å². The summed E-state index contributed by atoms with van der Waals surface area (Å²) in [7, 11) is 1.68. The molecule has 0 unspecified atom stereocenters. The molecule has 1 saturated heterocycles. The van der Waals surface area contributed by atoms with Crippen LogP contribution in [0, 0.1) is 0 Å². The summed E-state index contributed by atoms with van der Waals surface area (Å²) in [6.45, 7) is 4.75. The molecule has 15 heavy (non-hydrogen) atoms. The fourth-order valence-electron chi connectivity index (χ4n) is 2.49. The number of nitrogens with zero attached hydrogens (tertiary/aromatic N) is 1. The van der Waals surface area contributed by atoms with Gasteiger partial charge in [-0.3, -0.25) is 0 Å². The molecule has 0 aliphatic carbocycles. The van der Waals surface area contributed by atoms with Crippen molar-refractivity contribution in [1.82, 2.24) is 4.57 Å². The number of hydrogen-bond donors (Lipinski definition) is 0. The Morgan fingerprint density at radius 1 is 1.47 bits per heavy atom. The monoisotopic (exact) mass is 209 g/mol. The first-order valence-corrected chi connectivity index (χ1v) is 5.19. The molecule has 3 rings (SSSR count). The molecule has 4 nitrogen and oxygen atoms in total. The van der Waals surface area contributed by atoms with Crippen molar-refractivity contribution in [3.8, 4) is 5.75 Å². The Bertz CT molecular complexity index is 397. The van der Waals surface area contributed by atoms with Gasteiger partial charge in [0.05, 0.1) is 19.3 Å². The summed E-state index contributed by atoms with van der Waals surface area (Å²) in [6.07, 6.45) is 2.17. The van der Waals surface area contributed by atoms with Crippen molar-refractivity contribution < 1.29 is 14.2 Å². The maximum Gasteiger partial charge on any atom is 0.164 e. The van der Waals surface area contributed by atoms with Crippen LogP contribution >= 0.6 is 0 Å². The number of methoxy groups -OCH3 is 1. The molecule has 2 aliphatic heterocycles. The summed E-state index contributed by atoms with van der Waals surface area (Å²) < 4.78 is 19.2. The lowest BCUT2D eigenvalue weighted by molar-refractivity contribution is -0.151. The number of fused-ring (bicyclic) bond motifs is 3. The van der Waals surface area contributed by atoms with Gasteiger partial charge in [0.15, 0.2) is 5.79 Å². The first kappa shape index (κ1) is 9.24. The molecule has 0 aromatic carbocycles. The fraction of sp³-hybridized carbons (Fsp3) is 0.636. The Kier molecular flexibility index (Phi) is 1.71. The van der Waals surface area contributed by atoms with Crippen LogP contribution in [0.1, 0.15) is 25.6 Å². The van der Waals surface area contributed by atoms with Crippen molar-refractivity contribution in [1.29, 1.82) is 0 Å². The summed E-state index contributed by atoms with van der Waals surface area (Å²) in [5.41, 5.74) is 1.10. The second-order valence-corrected chi connectivity index (χ2v) is 4.52. The van der Waals surface area contributed by atoms with Crippen LogP contribution in [0.4, 0.5) is 0 Å². The van der Waals surface area contributed by atoms with E-state index >= 15 is 0 Å². The number of hydrogen-bond acceptors (Lipinski definition) is 3. The maximum absolute atomic E-state index is 5.88. The van der Waals surface area contributed by atoms with E-state index in [1.165, 1.54) is 0 Å². The molecule has 3 heterocycles. The molecule has 0 amide bonds. The minimum atomic E-state index is -0.476. The highest BCUT2D eigenvalue weighted by atomic mass is 16.8.